The molecule has 3 N–H and O–H groups in total. The lowest BCUT2D eigenvalue weighted by Crippen LogP contribution is -2.56. The van der Waals surface area contributed by atoms with Gasteiger partial charge >= 0.3 is 12.1 Å². The first-order chi connectivity index (χ1) is 22.2. The SMILES string of the molecule is C#Cc1cc(C[C@@H](OC(=O)N2CCC(N3Cc4cscc4NC3=O)CC2)C(=O)N2CCN(C3CCN(C)CC3)CC2)cc(Cl)c1N. The van der Waals surface area contributed by atoms with Crippen molar-refractivity contribution in [2.24, 2.45) is 0 Å². The molecule has 1 atom stereocenters. The number of halogens is 1. The lowest BCUT2D eigenvalue weighted by Gasteiger charge is -2.43. The molecular weight excluding hydrogens is 626 g/mol. The van der Waals surface area contributed by atoms with Crippen molar-refractivity contribution in [1.82, 2.24) is 24.5 Å². The van der Waals surface area contributed by atoms with Crippen LogP contribution in [0.1, 0.15) is 42.4 Å². The number of piperazine rings is 1. The predicted molar refractivity (Wildman–Crippen MR) is 180 cm³/mol. The second-order valence-corrected chi connectivity index (χ2v) is 13.9. The number of hydrogen-bond acceptors (Lipinski definition) is 8. The molecule has 0 bridgehead atoms. The summed E-state index contributed by atoms with van der Waals surface area (Å²) >= 11 is 7.94. The molecule has 46 heavy (non-hydrogen) atoms. The number of nitrogens with zero attached hydrogens (tertiary/aromatic N) is 5. The first-order valence-corrected chi connectivity index (χ1v) is 17.4. The molecule has 1 aromatic carbocycles. The molecule has 1 aromatic heterocycles. The molecule has 0 spiro atoms. The highest BCUT2D eigenvalue weighted by molar-refractivity contribution is 7.08. The van der Waals surface area contributed by atoms with Crippen LogP contribution in [0.15, 0.2) is 22.9 Å². The van der Waals surface area contributed by atoms with Crippen molar-refractivity contribution in [1.29, 1.82) is 0 Å². The fourth-order valence-corrected chi connectivity index (χ4v) is 8.05. The molecule has 3 fully saturated rings. The molecule has 4 aliphatic rings. The van der Waals surface area contributed by atoms with Crippen molar-refractivity contribution in [2.75, 3.05) is 70.5 Å². The number of thiophene rings is 1. The van der Waals surface area contributed by atoms with Gasteiger partial charge in [0.1, 0.15) is 0 Å². The molecule has 0 aliphatic carbocycles. The molecular formula is C33H42ClN7O4S. The number of piperidine rings is 2. The van der Waals surface area contributed by atoms with Crippen LogP contribution in [0.25, 0.3) is 0 Å². The standard InChI is InChI=1S/C33H42ClN7O4S/c1-3-23-16-22(17-27(34)30(23)35)18-29(31(42)39-14-12-38(13-15-39)25-4-8-37(2)9-5-25)45-33(44)40-10-6-26(7-11-40)41-19-24-20-46-21-28(24)36-32(41)43/h1,16-17,20-21,25-26,29H,4-15,18-19,35H2,2H3,(H,36,43)/t29-/m1/s1. The number of ether oxygens (including phenoxy) is 1. The number of anilines is 2. The van der Waals surface area contributed by atoms with E-state index >= 15 is 0 Å². The van der Waals surface area contributed by atoms with Crippen LogP contribution in [0.5, 0.6) is 0 Å². The van der Waals surface area contributed by atoms with Gasteiger partial charge in [-0.25, -0.2) is 9.59 Å². The Bertz CT molecular complexity index is 1490. The minimum Gasteiger partial charge on any atom is -0.436 e. The number of hydrogen-bond donors (Lipinski definition) is 2. The van der Waals surface area contributed by atoms with Crippen molar-refractivity contribution in [3.63, 3.8) is 0 Å². The number of urea groups is 1. The summed E-state index contributed by atoms with van der Waals surface area (Å²) in [5.74, 6) is 2.33. The molecule has 11 nitrogen and oxygen atoms in total. The van der Waals surface area contributed by atoms with E-state index in [0.29, 0.717) is 73.4 Å². The van der Waals surface area contributed by atoms with Crippen LogP contribution in [0.3, 0.4) is 0 Å². The van der Waals surface area contributed by atoms with Crippen LogP contribution in [-0.2, 0) is 22.5 Å². The van der Waals surface area contributed by atoms with Gasteiger partial charge in [-0.15, -0.1) is 17.8 Å². The summed E-state index contributed by atoms with van der Waals surface area (Å²) in [5.41, 5.74) is 9.44. The quantitative estimate of drug-likeness (QED) is 0.356. The molecule has 0 unspecified atom stereocenters. The van der Waals surface area contributed by atoms with E-state index in [1.165, 1.54) is 0 Å². The van der Waals surface area contributed by atoms with Gasteiger partial charge in [-0.1, -0.05) is 17.5 Å². The average Bonchev–Trinajstić information content (AvgIpc) is 3.53. The minimum absolute atomic E-state index is 0.00879. The summed E-state index contributed by atoms with van der Waals surface area (Å²) < 4.78 is 6.00. The van der Waals surface area contributed by atoms with Gasteiger partial charge in [-0.05, 0) is 68.9 Å². The third kappa shape index (κ3) is 7.08. The normalized spacial score (nSPS) is 21.0. The van der Waals surface area contributed by atoms with E-state index in [1.54, 1.807) is 28.4 Å². The Morgan fingerprint density at radius 2 is 1.74 bits per heavy atom. The predicted octanol–water partition coefficient (Wildman–Crippen LogP) is 3.76. The number of nitrogens with two attached hydrogens (primary N) is 1. The van der Waals surface area contributed by atoms with Crippen molar-refractivity contribution >= 4 is 52.3 Å². The van der Waals surface area contributed by atoms with Gasteiger partial charge < -0.3 is 35.4 Å². The van der Waals surface area contributed by atoms with Gasteiger partial charge in [0.25, 0.3) is 5.91 Å². The second-order valence-electron chi connectivity index (χ2n) is 12.7. The zero-order valence-corrected chi connectivity index (χ0v) is 27.8. The third-order valence-corrected chi connectivity index (χ3v) is 11.0. The summed E-state index contributed by atoms with van der Waals surface area (Å²) in [7, 11) is 2.16. The molecule has 6 rings (SSSR count). The van der Waals surface area contributed by atoms with Crippen LogP contribution in [-0.4, -0.2) is 120 Å². The summed E-state index contributed by atoms with van der Waals surface area (Å²) in [6, 6.07) is 3.84. The number of likely N-dealkylation sites (tertiary alicyclic amines) is 2. The maximum atomic E-state index is 14.0. The number of carbonyl (C=O) groups is 3. The van der Waals surface area contributed by atoms with E-state index in [9.17, 15) is 14.4 Å². The van der Waals surface area contributed by atoms with Crippen molar-refractivity contribution in [3.05, 3.63) is 44.6 Å². The molecule has 2 aromatic rings. The molecule has 4 amide bonds. The fourth-order valence-electron chi connectivity index (χ4n) is 7.03. The molecule has 4 aliphatic heterocycles. The number of benzene rings is 1. The Morgan fingerprint density at radius 1 is 1.04 bits per heavy atom. The smallest absolute Gasteiger partial charge is 0.410 e. The van der Waals surface area contributed by atoms with Gasteiger partial charge in [-0.3, -0.25) is 9.69 Å². The zero-order chi connectivity index (χ0) is 32.4. The zero-order valence-electron chi connectivity index (χ0n) is 26.3. The van der Waals surface area contributed by atoms with E-state index in [1.807, 2.05) is 15.2 Å². The minimum atomic E-state index is -1.05. The van der Waals surface area contributed by atoms with E-state index in [4.69, 9.17) is 28.5 Å². The maximum Gasteiger partial charge on any atom is 0.410 e. The number of nitrogen functional groups attached to an aromatic ring is 1. The Morgan fingerprint density at radius 3 is 2.43 bits per heavy atom. The molecule has 3 saturated heterocycles. The van der Waals surface area contributed by atoms with E-state index in [-0.39, 0.29) is 24.4 Å². The Kier molecular flexibility index (Phi) is 9.94. The highest BCUT2D eigenvalue weighted by Crippen LogP contribution is 2.31. The molecule has 246 valence electrons. The van der Waals surface area contributed by atoms with Crippen LogP contribution >= 0.6 is 22.9 Å². The van der Waals surface area contributed by atoms with Gasteiger partial charge in [0, 0.05) is 74.3 Å². The van der Waals surface area contributed by atoms with Crippen molar-refractivity contribution in [3.8, 4) is 12.3 Å². The number of amides is 4. The van der Waals surface area contributed by atoms with Crippen LogP contribution in [0.4, 0.5) is 21.0 Å². The lowest BCUT2D eigenvalue weighted by molar-refractivity contribution is -0.143. The highest BCUT2D eigenvalue weighted by atomic mass is 35.5. The van der Waals surface area contributed by atoms with Gasteiger partial charge in [0.2, 0.25) is 0 Å². The number of nitrogens with one attached hydrogen (secondary N) is 1. The first-order valence-electron chi connectivity index (χ1n) is 16.0. The van der Waals surface area contributed by atoms with Crippen LogP contribution < -0.4 is 11.1 Å². The Labute approximate surface area is 279 Å². The second kappa shape index (κ2) is 14.1. The van der Waals surface area contributed by atoms with E-state index < -0.39 is 12.2 Å². The Balaban J connectivity index is 1.10. The monoisotopic (exact) mass is 667 g/mol. The average molecular weight is 668 g/mol. The summed E-state index contributed by atoms with van der Waals surface area (Å²) in [5, 5.41) is 7.27. The third-order valence-electron chi connectivity index (χ3n) is 9.86. The molecule has 0 saturated carbocycles. The van der Waals surface area contributed by atoms with Crippen LogP contribution in [0, 0.1) is 12.3 Å². The van der Waals surface area contributed by atoms with Crippen molar-refractivity contribution < 1.29 is 19.1 Å². The lowest BCUT2D eigenvalue weighted by atomic mass is 10.0. The van der Waals surface area contributed by atoms with Gasteiger partial charge in [0.05, 0.1) is 22.9 Å². The Hall–Kier alpha value is -3.50. The maximum absolute atomic E-state index is 14.0. The number of rotatable bonds is 6. The van der Waals surface area contributed by atoms with E-state index in [0.717, 1.165) is 50.3 Å². The van der Waals surface area contributed by atoms with E-state index in [2.05, 4.69) is 33.5 Å². The molecule has 5 heterocycles. The highest BCUT2D eigenvalue weighted by Gasteiger charge is 2.37. The van der Waals surface area contributed by atoms with Crippen molar-refractivity contribution in [2.45, 2.75) is 56.8 Å². The summed E-state index contributed by atoms with van der Waals surface area (Å²) in [6.07, 6.45) is 7.71. The van der Waals surface area contributed by atoms with Gasteiger partial charge in [-0.2, -0.15) is 0 Å². The first kappa shape index (κ1) is 32.4. The number of fused-ring (bicyclic) bond motifs is 1. The van der Waals surface area contributed by atoms with Gasteiger partial charge in [0.15, 0.2) is 6.10 Å². The number of terminal acetylenes is 1. The topological polar surface area (TPSA) is 115 Å². The molecule has 13 heteroatoms. The largest absolute Gasteiger partial charge is 0.436 e. The fraction of sp³-hybridized carbons (Fsp3) is 0.545. The summed E-state index contributed by atoms with van der Waals surface area (Å²) in [4.78, 5) is 50.4. The number of carbonyl (C=O) groups excluding carboxylic acids is 3. The van der Waals surface area contributed by atoms with Crippen LogP contribution in [0.2, 0.25) is 5.02 Å². The molecule has 0 radical (unpaired) electrons. The summed E-state index contributed by atoms with van der Waals surface area (Å²) in [6.45, 7) is 6.32.